The van der Waals surface area contributed by atoms with Crippen LogP contribution in [0.1, 0.15) is 52.0 Å². The van der Waals surface area contributed by atoms with Crippen LogP contribution in [-0.4, -0.2) is 24.5 Å². The third-order valence-electron chi connectivity index (χ3n) is 4.39. The SMILES string of the molecule is CC(C)(C)CCN[C@@H]1CC[C@H](NC(=O)Cc2cc(F)cc(Cl)c2)C1. The number of amides is 1. The van der Waals surface area contributed by atoms with Crippen molar-refractivity contribution in [3.05, 3.63) is 34.6 Å². The summed E-state index contributed by atoms with van der Waals surface area (Å²) in [6.07, 6.45) is 4.33. The minimum absolute atomic E-state index is 0.0722. The molecule has 1 aromatic carbocycles. The van der Waals surface area contributed by atoms with Crippen molar-refractivity contribution < 1.29 is 9.18 Å². The Bertz CT molecular complexity index is 551. The Morgan fingerprint density at radius 2 is 1.96 bits per heavy atom. The minimum atomic E-state index is -0.408. The number of carbonyl (C=O) groups excluding carboxylic acids is 1. The predicted octanol–water partition coefficient (Wildman–Crippen LogP) is 4.08. The highest BCUT2D eigenvalue weighted by Crippen LogP contribution is 2.22. The van der Waals surface area contributed by atoms with Crippen LogP contribution in [0.5, 0.6) is 0 Å². The van der Waals surface area contributed by atoms with E-state index in [-0.39, 0.29) is 18.4 Å². The molecule has 1 aliphatic rings. The Kier molecular flexibility index (Phi) is 6.64. The van der Waals surface area contributed by atoms with Crippen molar-refractivity contribution in [2.75, 3.05) is 6.54 Å². The molecule has 0 radical (unpaired) electrons. The van der Waals surface area contributed by atoms with Gasteiger partial charge in [0.2, 0.25) is 5.91 Å². The summed E-state index contributed by atoms with van der Waals surface area (Å²) in [6.45, 7) is 7.73. The van der Waals surface area contributed by atoms with Crippen LogP contribution < -0.4 is 10.6 Å². The molecule has 2 rings (SSSR count). The first-order chi connectivity index (χ1) is 11.2. The number of hydrogen-bond donors (Lipinski definition) is 2. The molecule has 1 aliphatic carbocycles. The molecule has 0 unspecified atom stereocenters. The molecule has 134 valence electrons. The van der Waals surface area contributed by atoms with E-state index in [1.54, 1.807) is 6.07 Å². The highest BCUT2D eigenvalue weighted by molar-refractivity contribution is 6.30. The Labute approximate surface area is 149 Å². The standard InChI is InChI=1S/C19H28ClFN2O/c1-19(2,3)6-7-22-16-4-5-17(12-16)23-18(24)10-13-8-14(20)11-15(21)9-13/h8-9,11,16-17,22H,4-7,10,12H2,1-3H3,(H,23,24)/t16-,17+/m1/s1. The number of benzene rings is 1. The average molecular weight is 355 g/mol. The van der Waals surface area contributed by atoms with Crippen molar-refractivity contribution in [3.8, 4) is 0 Å². The first kappa shape index (κ1) is 19.2. The van der Waals surface area contributed by atoms with Crippen LogP contribution in [0.15, 0.2) is 18.2 Å². The van der Waals surface area contributed by atoms with E-state index < -0.39 is 5.82 Å². The second-order valence-electron chi connectivity index (χ2n) is 7.99. The molecular formula is C19H28ClFN2O. The molecule has 1 amide bonds. The second kappa shape index (κ2) is 8.30. The lowest BCUT2D eigenvalue weighted by molar-refractivity contribution is -0.121. The zero-order chi connectivity index (χ0) is 17.7. The van der Waals surface area contributed by atoms with E-state index in [0.29, 0.717) is 22.0 Å². The summed E-state index contributed by atoms with van der Waals surface area (Å²) < 4.78 is 13.3. The van der Waals surface area contributed by atoms with Crippen LogP contribution in [0.4, 0.5) is 4.39 Å². The summed E-state index contributed by atoms with van der Waals surface area (Å²) in [5.74, 6) is -0.480. The van der Waals surface area contributed by atoms with Crippen molar-refractivity contribution >= 4 is 17.5 Å². The largest absolute Gasteiger partial charge is 0.353 e. The van der Waals surface area contributed by atoms with Gasteiger partial charge in [0, 0.05) is 17.1 Å². The van der Waals surface area contributed by atoms with E-state index in [1.165, 1.54) is 12.1 Å². The molecule has 2 N–H and O–H groups in total. The van der Waals surface area contributed by atoms with Crippen LogP contribution in [0.2, 0.25) is 5.02 Å². The summed E-state index contributed by atoms with van der Waals surface area (Å²) >= 11 is 5.82. The van der Waals surface area contributed by atoms with Crippen LogP contribution in [0, 0.1) is 11.2 Å². The van der Waals surface area contributed by atoms with Gasteiger partial charge in [0.05, 0.1) is 6.42 Å². The minimum Gasteiger partial charge on any atom is -0.353 e. The quantitative estimate of drug-likeness (QED) is 0.808. The van der Waals surface area contributed by atoms with Crippen LogP contribution in [0.3, 0.4) is 0 Å². The summed E-state index contributed by atoms with van der Waals surface area (Å²) in [4.78, 5) is 12.1. The molecule has 0 aliphatic heterocycles. The molecule has 5 heteroatoms. The number of hydrogen-bond acceptors (Lipinski definition) is 2. The van der Waals surface area contributed by atoms with E-state index in [4.69, 9.17) is 11.6 Å². The monoisotopic (exact) mass is 354 g/mol. The fourth-order valence-electron chi connectivity index (χ4n) is 3.13. The molecule has 0 spiro atoms. The Hall–Kier alpha value is -1.13. The van der Waals surface area contributed by atoms with Crippen molar-refractivity contribution in [2.24, 2.45) is 5.41 Å². The topological polar surface area (TPSA) is 41.1 Å². The van der Waals surface area contributed by atoms with Gasteiger partial charge < -0.3 is 10.6 Å². The summed E-state index contributed by atoms with van der Waals surface area (Å²) in [7, 11) is 0. The third-order valence-corrected chi connectivity index (χ3v) is 4.61. The number of rotatable bonds is 6. The Balaban J connectivity index is 1.73. The fraction of sp³-hybridized carbons (Fsp3) is 0.632. The smallest absolute Gasteiger partial charge is 0.224 e. The molecule has 3 nitrogen and oxygen atoms in total. The van der Waals surface area contributed by atoms with Gasteiger partial charge in [-0.05, 0) is 61.4 Å². The van der Waals surface area contributed by atoms with Crippen molar-refractivity contribution in [2.45, 2.75) is 65.0 Å². The van der Waals surface area contributed by atoms with Gasteiger partial charge in [0.1, 0.15) is 5.82 Å². The third kappa shape index (κ3) is 6.78. The molecule has 0 bridgehead atoms. The Morgan fingerprint density at radius 1 is 1.25 bits per heavy atom. The Morgan fingerprint density at radius 3 is 2.62 bits per heavy atom. The second-order valence-corrected chi connectivity index (χ2v) is 8.43. The van der Waals surface area contributed by atoms with Gasteiger partial charge in [-0.1, -0.05) is 32.4 Å². The van der Waals surface area contributed by atoms with E-state index in [2.05, 4.69) is 31.4 Å². The molecule has 1 saturated carbocycles. The number of halogens is 2. The van der Waals surface area contributed by atoms with Crippen LogP contribution >= 0.6 is 11.6 Å². The maximum absolute atomic E-state index is 13.3. The first-order valence-corrected chi connectivity index (χ1v) is 9.07. The first-order valence-electron chi connectivity index (χ1n) is 8.69. The van der Waals surface area contributed by atoms with Gasteiger partial charge in [-0.3, -0.25) is 4.79 Å². The predicted molar refractivity (Wildman–Crippen MR) is 96.8 cm³/mol. The van der Waals surface area contributed by atoms with E-state index in [1.807, 2.05) is 0 Å². The van der Waals surface area contributed by atoms with Crippen LogP contribution in [0.25, 0.3) is 0 Å². The normalized spacial score (nSPS) is 21.0. The van der Waals surface area contributed by atoms with Gasteiger partial charge in [0.15, 0.2) is 0 Å². The van der Waals surface area contributed by atoms with Gasteiger partial charge in [0.25, 0.3) is 0 Å². The number of carbonyl (C=O) groups is 1. The molecule has 1 aromatic rings. The molecule has 1 fully saturated rings. The molecule has 24 heavy (non-hydrogen) atoms. The zero-order valence-electron chi connectivity index (χ0n) is 14.8. The lowest BCUT2D eigenvalue weighted by Crippen LogP contribution is -2.36. The van der Waals surface area contributed by atoms with E-state index in [9.17, 15) is 9.18 Å². The number of nitrogens with one attached hydrogen (secondary N) is 2. The van der Waals surface area contributed by atoms with Gasteiger partial charge >= 0.3 is 0 Å². The maximum atomic E-state index is 13.3. The summed E-state index contributed by atoms with van der Waals surface area (Å²) in [5.41, 5.74) is 0.946. The van der Waals surface area contributed by atoms with Crippen molar-refractivity contribution in [1.29, 1.82) is 0 Å². The highest BCUT2D eigenvalue weighted by Gasteiger charge is 2.25. The molecule has 2 atom stereocenters. The average Bonchev–Trinajstić information content (AvgIpc) is 2.83. The summed E-state index contributed by atoms with van der Waals surface area (Å²) in [6, 6.07) is 4.91. The van der Waals surface area contributed by atoms with E-state index in [0.717, 1.165) is 32.2 Å². The van der Waals surface area contributed by atoms with Crippen molar-refractivity contribution in [3.63, 3.8) is 0 Å². The van der Waals surface area contributed by atoms with Crippen LogP contribution in [-0.2, 0) is 11.2 Å². The summed E-state index contributed by atoms with van der Waals surface area (Å²) in [5, 5.41) is 6.97. The lowest BCUT2D eigenvalue weighted by atomic mass is 9.92. The zero-order valence-corrected chi connectivity index (χ0v) is 15.5. The maximum Gasteiger partial charge on any atom is 0.224 e. The van der Waals surface area contributed by atoms with Gasteiger partial charge in [-0.25, -0.2) is 4.39 Å². The van der Waals surface area contributed by atoms with Gasteiger partial charge in [-0.2, -0.15) is 0 Å². The van der Waals surface area contributed by atoms with E-state index >= 15 is 0 Å². The lowest BCUT2D eigenvalue weighted by Gasteiger charge is -2.20. The fourth-order valence-corrected chi connectivity index (χ4v) is 3.37. The molecule has 0 saturated heterocycles. The van der Waals surface area contributed by atoms with Crippen molar-refractivity contribution in [1.82, 2.24) is 10.6 Å². The molecule has 0 heterocycles. The van der Waals surface area contributed by atoms with Gasteiger partial charge in [-0.15, -0.1) is 0 Å². The molecular weight excluding hydrogens is 327 g/mol. The molecule has 0 aromatic heterocycles. The highest BCUT2D eigenvalue weighted by atomic mass is 35.5.